The lowest BCUT2D eigenvalue weighted by molar-refractivity contribution is -0.261. The van der Waals surface area contributed by atoms with Crippen LogP contribution in [0.15, 0.2) is 121 Å². The lowest BCUT2D eigenvalue weighted by atomic mass is 9.94. The minimum atomic E-state index is -0.513. The van der Waals surface area contributed by atoms with Gasteiger partial charge < -0.3 is 23.7 Å². The van der Waals surface area contributed by atoms with Crippen molar-refractivity contribution in [1.29, 1.82) is 0 Å². The Morgan fingerprint density at radius 1 is 0.524 bits per heavy atom. The summed E-state index contributed by atoms with van der Waals surface area (Å²) in [5.74, 6) is 6.29. The van der Waals surface area contributed by atoms with Crippen LogP contribution in [0.25, 0.3) is 0 Å². The smallest absolute Gasteiger partial charge is 0.147 e. The van der Waals surface area contributed by atoms with Crippen molar-refractivity contribution in [3.05, 3.63) is 144 Å². The Balaban J connectivity index is 1.41. The number of hydrogen-bond donors (Lipinski definition) is 0. The summed E-state index contributed by atoms with van der Waals surface area (Å²) in [4.78, 5) is 0. The van der Waals surface area contributed by atoms with Gasteiger partial charge >= 0.3 is 0 Å². The van der Waals surface area contributed by atoms with Crippen LogP contribution in [0.3, 0.4) is 0 Å². The SMILES string of the molecule is CC#C[C@@H]1O[C@H](COCc2ccccc2)[C@@H](OCc2ccccc2)[C@H](OCc2ccccc2)[C@@H]1OCc1ccccc1. The highest BCUT2D eigenvalue weighted by atomic mass is 16.6. The molecule has 42 heavy (non-hydrogen) atoms. The fraction of sp³-hybridized carbons (Fsp3) is 0.297. The maximum absolute atomic E-state index is 6.69. The van der Waals surface area contributed by atoms with Crippen LogP contribution in [-0.4, -0.2) is 37.1 Å². The van der Waals surface area contributed by atoms with E-state index < -0.39 is 30.5 Å². The quantitative estimate of drug-likeness (QED) is 0.169. The minimum Gasteiger partial charge on any atom is -0.374 e. The maximum atomic E-state index is 6.69. The van der Waals surface area contributed by atoms with E-state index in [9.17, 15) is 0 Å². The van der Waals surface area contributed by atoms with Gasteiger partial charge in [-0.2, -0.15) is 0 Å². The van der Waals surface area contributed by atoms with Crippen LogP contribution in [0.2, 0.25) is 0 Å². The molecule has 0 amide bonds. The number of hydrogen-bond acceptors (Lipinski definition) is 5. The predicted octanol–water partition coefficient (Wildman–Crippen LogP) is 6.75. The Morgan fingerprint density at radius 3 is 1.38 bits per heavy atom. The molecule has 0 aliphatic carbocycles. The third-order valence-electron chi connectivity index (χ3n) is 7.17. The molecular weight excluding hydrogens is 524 g/mol. The second-order valence-corrected chi connectivity index (χ2v) is 10.3. The molecule has 1 fully saturated rings. The molecule has 5 atom stereocenters. The molecule has 5 rings (SSSR count). The minimum absolute atomic E-state index is 0.326. The van der Waals surface area contributed by atoms with Gasteiger partial charge in [-0.05, 0) is 29.2 Å². The molecule has 4 aromatic carbocycles. The molecule has 1 heterocycles. The van der Waals surface area contributed by atoms with E-state index in [1.165, 1.54) is 0 Å². The molecule has 0 bridgehead atoms. The molecule has 1 saturated heterocycles. The highest BCUT2D eigenvalue weighted by Gasteiger charge is 2.48. The van der Waals surface area contributed by atoms with Crippen LogP contribution in [-0.2, 0) is 50.1 Å². The van der Waals surface area contributed by atoms with E-state index in [2.05, 4.69) is 48.2 Å². The van der Waals surface area contributed by atoms with Gasteiger partial charge in [0.2, 0.25) is 0 Å². The van der Waals surface area contributed by atoms with Gasteiger partial charge in [-0.15, -0.1) is 5.92 Å². The maximum Gasteiger partial charge on any atom is 0.147 e. The number of benzene rings is 4. The van der Waals surface area contributed by atoms with Gasteiger partial charge in [-0.1, -0.05) is 127 Å². The average Bonchev–Trinajstić information content (AvgIpc) is 3.05. The molecule has 5 nitrogen and oxygen atoms in total. The first-order valence-corrected chi connectivity index (χ1v) is 14.5. The van der Waals surface area contributed by atoms with Crippen molar-refractivity contribution in [2.45, 2.75) is 63.9 Å². The van der Waals surface area contributed by atoms with Crippen molar-refractivity contribution in [1.82, 2.24) is 0 Å². The van der Waals surface area contributed by atoms with Crippen molar-refractivity contribution in [2.75, 3.05) is 6.61 Å². The first-order chi connectivity index (χ1) is 20.8. The van der Waals surface area contributed by atoms with Crippen molar-refractivity contribution in [3.8, 4) is 11.8 Å². The molecule has 4 aromatic rings. The standard InChI is InChI=1S/C37H38O5/c1-2-15-33-35(39-25-30-18-9-4-10-19-30)37(41-27-32-22-13-6-14-23-32)36(40-26-31-20-11-5-12-21-31)34(42-33)28-38-24-29-16-7-3-8-17-29/h3-14,16-23,33-37H,24-28H2,1H3/t33-,34+,35+,36+,37+/m0/s1. The van der Waals surface area contributed by atoms with E-state index in [0.29, 0.717) is 33.0 Å². The lowest BCUT2D eigenvalue weighted by Gasteiger charge is -2.45. The molecule has 0 radical (unpaired) electrons. The predicted molar refractivity (Wildman–Crippen MR) is 163 cm³/mol. The topological polar surface area (TPSA) is 46.2 Å². The summed E-state index contributed by atoms with van der Waals surface area (Å²) in [6.07, 6.45) is -2.32. The Kier molecular flexibility index (Phi) is 11.3. The highest BCUT2D eigenvalue weighted by molar-refractivity contribution is 5.18. The second-order valence-electron chi connectivity index (χ2n) is 10.3. The van der Waals surface area contributed by atoms with Crippen molar-refractivity contribution in [2.24, 2.45) is 0 Å². The zero-order chi connectivity index (χ0) is 28.8. The van der Waals surface area contributed by atoms with E-state index in [0.717, 1.165) is 22.3 Å². The molecule has 0 unspecified atom stereocenters. The summed E-state index contributed by atoms with van der Waals surface area (Å²) in [6.45, 7) is 3.84. The van der Waals surface area contributed by atoms with Crippen LogP contribution < -0.4 is 0 Å². The van der Waals surface area contributed by atoms with Crippen molar-refractivity contribution in [3.63, 3.8) is 0 Å². The number of ether oxygens (including phenoxy) is 5. The normalized spacial score (nSPS) is 21.8. The van der Waals surface area contributed by atoms with E-state index in [1.54, 1.807) is 0 Å². The first-order valence-electron chi connectivity index (χ1n) is 14.5. The van der Waals surface area contributed by atoms with Crippen LogP contribution in [0.4, 0.5) is 0 Å². The van der Waals surface area contributed by atoms with Gasteiger partial charge in [0, 0.05) is 0 Å². The summed E-state index contributed by atoms with van der Waals surface area (Å²) in [7, 11) is 0. The summed E-state index contributed by atoms with van der Waals surface area (Å²) in [5, 5.41) is 0. The molecule has 5 heteroatoms. The molecule has 0 spiro atoms. The van der Waals surface area contributed by atoms with E-state index in [1.807, 2.05) is 91.9 Å². The third-order valence-corrected chi connectivity index (χ3v) is 7.17. The summed E-state index contributed by atoms with van der Waals surface area (Å²) in [6, 6.07) is 40.5. The zero-order valence-electron chi connectivity index (χ0n) is 24.0. The monoisotopic (exact) mass is 562 g/mol. The lowest BCUT2D eigenvalue weighted by Crippen LogP contribution is -2.60. The van der Waals surface area contributed by atoms with Crippen LogP contribution in [0.1, 0.15) is 29.2 Å². The number of rotatable bonds is 13. The zero-order valence-corrected chi connectivity index (χ0v) is 24.0. The molecule has 1 aliphatic heterocycles. The Labute approximate surface area is 249 Å². The van der Waals surface area contributed by atoms with Crippen LogP contribution in [0, 0.1) is 11.8 Å². The van der Waals surface area contributed by atoms with E-state index in [-0.39, 0.29) is 0 Å². The molecule has 0 saturated carbocycles. The highest BCUT2D eigenvalue weighted by Crippen LogP contribution is 2.31. The average molecular weight is 563 g/mol. The third kappa shape index (κ3) is 8.62. The fourth-order valence-electron chi connectivity index (χ4n) is 5.05. The molecule has 0 aromatic heterocycles. The van der Waals surface area contributed by atoms with Crippen molar-refractivity contribution < 1.29 is 23.7 Å². The van der Waals surface area contributed by atoms with E-state index in [4.69, 9.17) is 23.7 Å². The summed E-state index contributed by atoms with van der Waals surface area (Å²) in [5.41, 5.74) is 4.31. The molecule has 0 N–H and O–H groups in total. The molecular formula is C37H38O5. The van der Waals surface area contributed by atoms with Crippen LogP contribution >= 0.6 is 0 Å². The van der Waals surface area contributed by atoms with Gasteiger partial charge in [0.15, 0.2) is 0 Å². The second kappa shape index (κ2) is 16.0. The fourth-order valence-corrected chi connectivity index (χ4v) is 5.05. The Bertz CT molecular complexity index is 1370. The summed E-state index contributed by atoms with van der Waals surface area (Å²) >= 11 is 0. The van der Waals surface area contributed by atoms with Gasteiger partial charge in [-0.25, -0.2) is 0 Å². The van der Waals surface area contributed by atoms with Gasteiger partial charge in [0.1, 0.15) is 30.5 Å². The molecule has 216 valence electrons. The van der Waals surface area contributed by atoms with Gasteiger partial charge in [-0.3, -0.25) is 0 Å². The Morgan fingerprint density at radius 2 is 0.929 bits per heavy atom. The first kappa shape index (κ1) is 29.7. The van der Waals surface area contributed by atoms with Crippen LogP contribution in [0.5, 0.6) is 0 Å². The molecule has 1 aliphatic rings. The Hall–Kier alpha value is -3.76. The van der Waals surface area contributed by atoms with Gasteiger partial charge in [0.25, 0.3) is 0 Å². The van der Waals surface area contributed by atoms with E-state index >= 15 is 0 Å². The largest absolute Gasteiger partial charge is 0.374 e. The van der Waals surface area contributed by atoms with Crippen molar-refractivity contribution >= 4 is 0 Å². The summed E-state index contributed by atoms with van der Waals surface area (Å²) < 4.78 is 32.7. The van der Waals surface area contributed by atoms with Gasteiger partial charge in [0.05, 0.1) is 33.0 Å².